The monoisotopic (exact) mass is 147 g/mol. The molecular weight excluding hydrogens is 136 g/mol. The van der Waals surface area contributed by atoms with Crippen molar-refractivity contribution in [3.05, 3.63) is 35.7 Å². The lowest BCUT2D eigenvalue weighted by Gasteiger charge is -2.02. The number of hydrogen-bond donors (Lipinski definition) is 0. The van der Waals surface area contributed by atoms with Crippen LogP contribution in [0.4, 0.5) is 0 Å². The summed E-state index contributed by atoms with van der Waals surface area (Å²) >= 11 is 0. The molecule has 0 spiro atoms. The molecule has 0 aromatic heterocycles. The first-order valence-corrected chi connectivity index (χ1v) is 3.87. The molecule has 0 heterocycles. The molecule has 0 N–H and O–H groups in total. The lowest BCUT2D eigenvalue weighted by molar-refractivity contribution is 0.414. The second kappa shape index (κ2) is 2.57. The van der Waals surface area contributed by atoms with Crippen LogP contribution in [0.2, 0.25) is 0 Å². The van der Waals surface area contributed by atoms with E-state index in [1.54, 1.807) is 7.11 Å². The van der Waals surface area contributed by atoms with Gasteiger partial charge >= 0.3 is 0 Å². The van der Waals surface area contributed by atoms with Gasteiger partial charge in [-0.25, -0.2) is 0 Å². The third-order valence-corrected chi connectivity index (χ3v) is 2.14. The maximum atomic E-state index is 5.13. The van der Waals surface area contributed by atoms with Crippen molar-refractivity contribution in [3.8, 4) is 5.75 Å². The van der Waals surface area contributed by atoms with E-state index in [-0.39, 0.29) is 0 Å². The predicted molar refractivity (Wildman–Crippen MR) is 44.7 cm³/mol. The van der Waals surface area contributed by atoms with E-state index in [4.69, 9.17) is 4.74 Å². The number of ether oxygens (including phenoxy) is 1. The highest BCUT2D eigenvalue weighted by atomic mass is 16.5. The Hall–Kier alpha value is -0.980. The molecule has 1 heteroatoms. The topological polar surface area (TPSA) is 9.23 Å². The van der Waals surface area contributed by atoms with Gasteiger partial charge in [0.05, 0.1) is 7.11 Å². The number of methoxy groups -OCH3 is 1. The second-order valence-electron chi connectivity index (χ2n) is 2.83. The Balaban J connectivity index is 2.41. The molecule has 11 heavy (non-hydrogen) atoms. The summed E-state index contributed by atoms with van der Waals surface area (Å²) < 4.78 is 5.13. The van der Waals surface area contributed by atoms with Gasteiger partial charge in [0.2, 0.25) is 0 Å². The molecular formula is C10H11O. The molecule has 0 fully saturated rings. The van der Waals surface area contributed by atoms with Crippen LogP contribution in [0, 0.1) is 6.42 Å². The van der Waals surface area contributed by atoms with E-state index in [0.717, 1.165) is 18.6 Å². The summed E-state index contributed by atoms with van der Waals surface area (Å²) in [5, 5.41) is 0. The summed E-state index contributed by atoms with van der Waals surface area (Å²) in [7, 11) is 1.71. The van der Waals surface area contributed by atoms with Gasteiger partial charge < -0.3 is 4.74 Å². The Kier molecular flexibility index (Phi) is 1.57. The highest BCUT2D eigenvalue weighted by Crippen LogP contribution is 2.24. The molecule has 1 aromatic carbocycles. The Morgan fingerprint density at radius 2 is 2.00 bits per heavy atom. The van der Waals surface area contributed by atoms with Crippen molar-refractivity contribution < 1.29 is 4.74 Å². The first-order chi connectivity index (χ1) is 5.40. The molecule has 0 saturated heterocycles. The molecule has 0 saturated carbocycles. The van der Waals surface area contributed by atoms with Crippen molar-refractivity contribution in [2.45, 2.75) is 12.8 Å². The summed E-state index contributed by atoms with van der Waals surface area (Å²) in [6.45, 7) is 0. The minimum Gasteiger partial charge on any atom is -0.497 e. The van der Waals surface area contributed by atoms with E-state index in [0.29, 0.717) is 0 Å². The van der Waals surface area contributed by atoms with Gasteiger partial charge in [0.25, 0.3) is 0 Å². The predicted octanol–water partition coefficient (Wildman–Crippen LogP) is 2.00. The van der Waals surface area contributed by atoms with Crippen molar-refractivity contribution >= 4 is 0 Å². The number of rotatable bonds is 1. The standard InChI is InChI=1S/C10H11O/c1-11-10-6-5-8-3-2-4-9(8)7-10/h2,5-7H,3-4H2,1H3. The quantitative estimate of drug-likeness (QED) is 0.590. The van der Waals surface area contributed by atoms with Crippen LogP contribution in [-0.2, 0) is 12.8 Å². The fourth-order valence-corrected chi connectivity index (χ4v) is 1.50. The van der Waals surface area contributed by atoms with Gasteiger partial charge in [-0.1, -0.05) is 6.07 Å². The molecule has 1 aliphatic carbocycles. The Labute approximate surface area is 67.0 Å². The highest BCUT2D eigenvalue weighted by Gasteiger charge is 2.10. The summed E-state index contributed by atoms with van der Waals surface area (Å²) in [6, 6.07) is 6.30. The van der Waals surface area contributed by atoms with Gasteiger partial charge in [-0.15, -0.1) is 0 Å². The van der Waals surface area contributed by atoms with E-state index >= 15 is 0 Å². The summed E-state index contributed by atoms with van der Waals surface area (Å²) in [5.41, 5.74) is 2.87. The van der Waals surface area contributed by atoms with Crippen molar-refractivity contribution in [2.24, 2.45) is 0 Å². The fourth-order valence-electron chi connectivity index (χ4n) is 1.50. The molecule has 57 valence electrons. The maximum absolute atomic E-state index is 5.13. The van der Waals surface area contributed by atoms with Gasteiger partial charge in [0.15, 0.2) is 0 Å². The lowest BCUT2D eigenvalue weighted by atomic mass is 10.1. The zero-order chi connectivity index (χ0) is 7.68. The Morgan fingerprint density at radius 3 is 2.82 bits per heavy atom. The average Bonchev–Trinajstić information content (AvgIpc) is 2.50. The molecule has 0 atom stereocenters. The van der Waals surface area contributed by atoms with E-state index < -0.39 is 0 Å². The van der Waals surface area contributed by atoms with Gasteiger partial charge in [-0.05, 0) is 42.5 Å². The second-order valence-corrected chi connectivity index (χ2v) is 2.83. The first kappa shape index (κ1) is 6.71. The summed E-state index contributed by atoms with van der Waals surface area (Å²) in [6.07, 6.45) is 4.52. The zero-order valence-electron chi connectivity index (χ0n) is 6.63. The van der Waals surface area contributed by atoms with Crippen LogP contribution >= 0.6 is 0 Å². The van der Waals surface area contributed by atoms with E-state index in [9.17, 15) is 0 Å². The molecule has 1 aliphatic rings. The third-order valence-electron chi connectivity index (χ3n) is 2.14. The Morgan fingerprint density at radius 1 is 1.18 bits per heavy atom. The van der Waals surface area contributed by atoms with Gasteiger partial charge in [0, 0.05) is 0 Å². The number of fused-ring (bicyclic) bond motifs is 1. The SMILES string of the molecule is COc1ccc2c(c1)C[CH]C2. The highest BCUT2D eigenvalue weighted by molar-refractivity contribution is 5.40. The largest absolute Gasteiger partial charge is 0.497 e. The average molecular weight is 147 g/mol. The maximum Gasteiger partial charge on any atom is 0.119 e. The van der Waals surface area contributed by atoms with Gasteiger partial charge in [-0.2, -0.15) is 0 Å². The molecule has 0 bridgehead atoms. The molecule has 1 aromatic rings. The van der Waals surface area contributed by atoms with Gasteiger partial charge in [0.1, 0.15) is 5.75 Å². The van der Waals surface area contributed by atoms with E-state index in [1.165, 1.54) is 11.1 Å². The fraction of sp³-hybridized carbons (Fsp3) is 0.300. The van der Waals surface area contributed by atoms with Crippen LogP contribution < -0.4 is 4.74 Å². The van der Waals surface area contributed by atoms with Crippen molar-refractivity contribution in [2.75, 3.05) is 7.11 Å². The first-order valence-electron chi connectivity index (χ1n) is 3.87. The van der Waals surface area contributed by atoms with Crippen molar-refractivity contribution in [1.82, 2.24) is 0 Å². The van der Waals surface area contributed by atoms with Crippen LogP contribution in [0.25, 0.3) is 0 Å². The van der Waals surface area contributed by atoms with Crippen LogP contribution in [0.3, 0.4) is 0 Å². The van der Waals surface area contributed by atoms with Crippen LogP contribution in [0.1, 0.15) is 11.1 Å². The minimum atomic E-state index is 0.971. The molecule has 0 amide bonds. The van der Waals surface area contributed by atoms with E-state index in [1.807, 2.05) is 6.07 Å². The van der Waals surface area contributed by atoms with Crippen molar-refractivity contribution in [1.29, 1.82) is 0 Å². The molecule has 1 nitrogen and oxygen atoms in total. The molecule has 0 aliphatic heterocycles. The summed E-state index contributed by atoms with van der Waals surface area (Å²) in [5.74, 6) is 0.971. The van der Waals surface area contributed by atoms with Crippen molar-refractivity contribution in [3.63, 3.8) is 0 Å². The molecule has 1 radical (unpaired) electrons. The smallest absolute Gasteiger partial charge is 0.119 e. The van der Waals surface area contributed by atoms with Crippen LogP contribution in [-0.4, -0.2) is 7.11 Å². The summed E-state index contributed by atoms with van der Waals surface area (Å²) in [4.78, 5) is 0. The number of hydrogen-bond acceptors (Lipinski definition) is 1. The zero-order valence-corrected chi connectivity index (χ0v) is 6.63. The lowest BCUT2D eigenvalue weighted by Crippen LogP contribution is -1.86. The third kappa shape index (κ3) is 1.11. The van der Waals surface area contributed by atoms with E-state index in [2.05, 4.69) is 18.6 Å². The minimum absolute atomic E-state index is 0.971. The normalized spacial score (nSPS) is 14.6. The molecule has 2 rings (SSSR count). The molecule has 0 unspecified atom stereocenters. The number of benzene rings is 1. The van der Waals surface area contributed by atoms with Crippen LogP contribution in [0.15, 0.2) is 18.2 Å². The van der Waals surface area contributed by atoms with Gasteiger partial charge in [-0.3, -0.25) is 0 Å². The Bertz CT molecular complexity index is 266. The van der Waals surface area contributed by atoms with Crippen LogP contribution in [0.5, 0.6) is 5.75 Å².